The smallest absolute Gasteiger partial charge is 0.336 e. The summed E-state index contributed by atoms with van der Waals surface area (Å²) in [5.74, 6) is -0.169. The molecule has 4 aromatic rings. The summed E-state index contributed by atoms with van der Waals surface area (Å²) in [4.78, 5) is 41.7. The van der Waals surface area contributed by atoms with Gasteiger partial charge in [0.15, 0.2) is 0 Å². The molecule has 0 unspecified atom stereocenters. The van der Waals surface area contributed by atoms with Crippen LogP contribution in [0.25, 0.3) is 15.9 Å². The number of amides is 1. The van der Waals surface area contributed by atoms with Crippen molar-refractivity contribution < 1.29 is 4.79 Å². The molecule has 0 bridgehead atoms. The van der Waals surface area contributed by atoms with E-state index in [9.17, 15) is 14.4 Å². The number of hydrogen-bond acceptors (Lipinski definition) is 4. The number of rotatable bonds is 6. The summed E-state index contributed by atoms with van der Waals surface area (Å²) in [6.07, 6.45) is 0. The topological polar surface area (TPSA) is 64.3 Å². The van der Waals surface area contributed by atoms with E-state index in [1.165, 1.54) is 20.5 Å². The third-order valence-corrected chi connectivity index (χ3v) is 6.50. The number of nitrogens with zero attached hydrogens (tertiary/aromatic N) is 3. The molecular weight excluding hydrogens is 422 g/mol. The van der Waals surface area contributed by atoms with Gasteiger partial charge in [-0.05, 0) is 55.0 Å². The predicted octanol–water partition coefficient (Wildman–Crippen LogP) is 3.88. The molecule has 0 spiro atoms. The molecule has 0 N–H and O–H groups in total. The Bertz CT molecular complexity index is 1400. The fourth-order valence-corrected chi connectivity index (χ4v) is 4.65. The van der Waals surface area contributed by atoms with Crippen molar-refractivity contribution in [2.45, 2.75) is 33.9 Å². The van der Waals surface area contributed by atoms with Crippen molar-refractivity contribution in [1.82, 2.24) is 14.0 Å². The van der Waals surface area contributed by atoms with Crippen molar-refractivity contribution in [2.24, 2.45) is 0 Å². The second kappa shape index (κ2) is 8.96. The largest absolute Gasteiger partial charge is 0.337 e. The number of aromatic nitrogens is 2. The van der Waals surface area contributed by atoms with E-state index in [1.54, 1.807) is 16.3 Å². The van der Waals surface area contributed by atoms with E-state index in [0.29, 0.717) is 29.0 Å². The molecule has 164 valence electrons. The molecule has 0 atom stereocenters. The molecule has 0 aliphatic carbocycles. The first-order valence-electron chi connectivity index (χ1n) is 10.5. The van der Waals surface area contributed by atoms with Gasteiger partial charge in [-0.3, -0.25) is 14.2 Å². The van der Waals surface area contributed by atoms with Crippen LogP contribution >= 0.6 is 11.3 Å². The molecule has 32 heavy (non-hydrogen) atoms. The molecule has 4 rings (SSSR count). The normalized spacial score (nSPS) is 11.1. The van der Waals surface area contributed by atoms with E-state index in [1.807, 2.05) is 69.3 Å². The second-order valence-electron chi connectivity index (χ2n) is 7.83. The zero-order chi connectivity index (χ0) is 22.8. The Morgan fingerprint density at radius 1 is 1.03 bits per heavy atom. The molecule has 6 nitrogen and oxygen atoms in total. The van der Waals surface area contributed by atoms with Crippen LogP contribution in [-0.4, -0.2) is 26.5 Å². The van der Waals surface area contributed by atoms with E-state index in [4.69, 9.17) is 0 Å². The molecule has 2 heterocycles. The van der Waals surface area contributed by atoms with Gasteiger partial charge in [-0.2, -0.15) is 0 Å². The molecular formula is C25H25N3O3S. The average molecular weight is 448 g/mol. The Balaban J connectivity index is 1.80. The van der Waals surface area contributed by atoms with E-state index in [2.05, 4.69) is 0 Å². The Morgan fingerprint density at radius 2 is 1.78 bits per heavy atom. The minimum atomic E-state index is -0.501. The number of carbonyl (C=O) groups excluding carboxylic acids is 1. The summed E-state index contributed by atoms with van der Waals surface area (Å²) in [6.45, 7) is 6.56. The minimum absolute atomic E-state index is 0.127. The first kappa shape index (κ1) is 21.8. The third-order valence-electron chi connectivity index (χ3n) is 5.60. The molecule has 2 aromatic carbocycles. The summed E-state index contributed by atoms with van der Waals surface area (Å²) in [7, 11) is 0. The van der Waals surface area contributed by atoms with Gasteiger partial charge in [0.1, 0.15) is 11.2 Å². The van der Waals surface area contributed by atoms with Gasteiger partial charge in [0.2, 0.25) is 5.91 Å². The van der Waals surface area contributed by atoms with Crippen LogP contribution in [0.3, 0.4) is 0 Å². The molecule has 0 saturated heterocycles. The fraction of sp³-hybridized carbons (Fsp3) is 0.240. The molecule has 0 radical (unpaired) electrons. The van der Waals surface area contributed by atoms with Crippen molar-refractivity contribution >= 4 is 27.5 Å². The van der Waals surface area contributed by atoms with Crippen LogP contribution in [0.1, 0.15) is 23.6 Å². The lowest BCUT2D eigenvalue weighted by atomic mass is 10.1. The summed E-state index contributed by atoms with van der Waals surface area (Å²) in [5, 5.41) is 1.78. The molecule has 7 heteroatoms. The lowest BCUT2D eigenvalue weighted by Crippen LogP contribution is -2.42. The Morgan fingerprint density at radius 3 is 2.50 bits per heavy atom. The fourth-order valence-electron chi connectivity index (χ4n) is 3.83. The van der Waals surface area contributed by atoms with Gasteiger partial charge in [0, 0.05) is 13.1 Å². The SMILES string of the molecule is CCN(Cc1ccccc1)C(=O)Cn1c(=O)n(-c2cc(C)ccc2C)c(=O)c2sccc21. The van der Waals surface area contributed by atoms with Gasteiger partial charge in [0.25, 0.3) is 5.56 Å². The van der Waals surface area contributed by atoms with Gasteiger partial charge in [-0.1, -0.05) is 42.5 Å². The summed E-state index contributed by atoms with van der Waals surface area (Å²) < 4.78 is 3.08. The highest BCUT2D eigenvalue weighted by molar-refractivity contribution is 7.17. The molecule has 0 aliphatic rings. The summed E-state index contributed by atoms with van der Waals surface area (Å²) in [5.41, 5.74) is 2.99. The standard InChI is InChI=1S/C25H25N3O3S/c1-4-26(15-19-8-6-5-7-9-19)22(29)16-27-20-12-13-32-23(20)24(30)28(25(27)31)21-14-17(2)10-11-18(21)3/h5-14H,4,15-16H2,1-3H3. The van der Waals surface area contributed by atoms with E-state index in [0.717, 1.165) is 16.7 Å². The van der Waals surface area contributed by atoms with Crippen molar-refractivity contribution in [3.05, 3.63) is 97.5 Å². The number of carbonyl (C=O) groups is 1. The monoisotopic (exact) mass is 447 g/mol. The number of thiophene rings is 1. The predicted molar refractivity (Wildman–Crippen MR) is 129 cm³/mol. The van der Waals surface area contributed by atoms with Gasteiger partial charge in [-0.25, -0.2) is 9.36 Å². The quantitative estimate of drug-likeness (QED) is 0.451. The van der Waals surface area contributed by atoms with Crippen LogP contribution in [0.15, 0.2) is 69.6 Å². The summed E-state index contributed by atoms with van der Waals surface area (Å²) in [6, 6.07) is 17.2. The Labute approximate surface area is 190 Å². The second-order valence-corrected chi connectivity index (χ2v) is 8.74. The minimum Gasteiger partial charge on any atom is -0.337 e. The zero-order valence-corrected chi connectivity index (χ0v) is 19.2. The number of fused-ring (bicyclic) bond motifs is 1. The van der Waals surface area contributed by atoms with Gasteiger partial charge >= 0.3 is 5.69 Å². The van der Waals surface area contributed by atoms with Crippen LogP contribution in [0.2, 0.25) is 0 Å². The molecule has 0 aliphatic heterocycles. The number of hydrogen-bond donors (Lipinski definition) is 0. The Kier molecular flexibility index (Phi) is 6.10. The van der Waals surface area contributed by atoms with E-state index >= 15 is 0 Å². The van der Waals surface area contributed by atoms with Gasteiger partial charge in [0.05, 0.1) is 11.2 Å². The maximum absolute atomic E-state index is 13.5. The van der Waals surface area contributed by atoms with Crippen molar-refractivity contribution in [1.29, 1.82) is 0 Å². The number of aryl methyl sites for hydroxylation is 2. The number of likely N-dealkylation sites (N-methyl/N-ethyl adjacent to an activating group) is 1. The molecule has 0 fully saturated rings. The van der Waals surface area contributed by atoms with Crippen LogP contribution < -0.4 is 11.2 Å². The first-order chi connectivity index (χ1) is 15.4. The molecule has 2 aromatic heterocycles. The highest BCUT2D eigenvalue weighted by atomic mass is 32.1. The van der Waals surface area contributed by atoms with Crippen LogP contribution in [-0.2, 0) is 17.9 Å². The van der Waals surface area contributed by atoms with Crippen LogP contribution in [0.4, 0.5) is 0 Å². The lowest BCUT2D eigenvalue weighted by molar-refractivity contribution is -0.132. The highest BCUT2D eigenvalue weighted by Gasteiger charge is 2.20. The first-order valence-corrected chi connectivity index (χ1v) is 11.4. The third kappa shape index (κ3) is 4.03. The molecule has 1 amide bonds. The Hall–Kier alpha value is -3.45. The van der Waals surface area contributed by atoms with Crippen molar-refractivity contribution in [2.75, 3.05) is 6.54 Å². The zero-order valence-electron chi connectivity index (χ0n) is 18.4. The van der Waals surface area contributed by atoms with Crippen molar-refractivity contribution in [3.8, 4) is 5.69 Å². The van der Waals surface area contributed by atoms with E-state index < -0.39 is 5.69 Å². The summed E-state index contributed by atoms with van der Waals surface area (Å²) >= 11 is 1.28. The van der Waals surface area contributed by atoms with Gasteiger partial charge < -0.3 is 4.90 Å². The number of benzene rings is 2. The van der Waals surface area contributed by atoms with Crippen molar-refractivity contribution in [3.63, 3.8) is 0 Å². The van der Waals surface area contributed by atoms with Crippen LogP contribution in [0, 0.1) is 13.8 Å². The maximum Gasteiger partial charge on any atom is 0.336 e. The van der Waals surface area contributed by atoms with Gasteiger partial charge in [-0.15, -0.1) is 11.3 Å². The maximum atomic E-state index is 13.5. The highest BCUT2D eigenvalue weighted by Crippen LogP contribution is 2.19. The lowest BCUT2D eigenvalue weighted by Gasteiger charge is -2.22. The van der Waals surface area contributed by atoms with E-state index in [-0.39, 0.29) is 18.0 Å². The van der Waals surface area contributed by atoms with Crippen LogP contribution in [0.5, 0.6) is 0 Å². The molecule has 0 saturated carbocycles. The average Bonchev–Trinajstić information content (AvgIpc) is 3.28.